The summed E-state index contributed by atoms with van der Waals surface area (Å²) in [6.45, 7) is 0.857. The number of aryl methyl sites for hydroxylation is 2. The fraction of sp³-hybridized carbons (Fsp3) is 0.412. The average Bonchev–Trinajstić information content (AvgIpc) is 3.26. The third-order valence-corrected chi connectivity index (χ3v) is 4.23. The van der Waals surface area contributed by atoms with Gasteiger partial charge >= 0.3 is 0 Å². The van der Waals surface area contributed by atoms with Gasteiger partial charge in [-0.1, -0.05) is 23.4 Å². The molecule has 5 nitrogen and oxygen atoms in total. The third kappa shape index (κ3) is 2.76. The first-order valence-electron chi connectivity index (χ1n) is 7.86. The Labute approximate surface area is 128 Å². The van der Waals surface area contributed by atoms with Crippen molar-refractivity contribution in [2.75, 3.05) is 6.61 Å². The number of para-hydroxylation sites is 1. The van der Waals surface area contributed by atoms with Crippen molar-refractivity contribution < 1.29 is 9.26 Å². The van der Waals surface area contributed by atoms with E-state index in [1.54, 1.807) is 0 Å². The first kappa shape index (κ1) is 13.5. The number of benzene rings is 1. The number of rotatable bonds is 5. The number of aromatic nitrogens is 3. The lowest BCUT2D eigenvalue weighted by atomic mass is 10.1. The van der Waals surface area contributed by atoms with E-state index in [0.29, 0.717) is 5.89 Å². The van der Waals surface area contributed by atoms with Gasteiger partial charge in [-0.3, -0.25) is 0 Å². The fourth-order valence-corrected chi connectivity index (χ4v) is 3.06. The normalized spacial score (nSPS) is 18.3. The van der Waals surface area contributed by atoms with Crippen LogP contribution in [0.1, 0.15) is 30.1 Å². The molecule has 4 rings (SSSR count). The highest BCUT2D eigenvalue weighted by atomic mass is 16.5. The van der Waals surface area contributed by atoms with E-state index in [9.17, 15) is 0 Å². The minimum atomic E-state index is 0.263. The van der Waals surface area contributed by atoms with Crippen LogP contribution in [0.25, 0.3) is 10.9 Å². The van der Waals surface area contributed by atoms with Gasteiger partial charge in [0.15, 0.2) is 5.82 Å². The molecular weight excluding hydrogens is 278 g/mol. The van der Waals surface area contributed by atoms with Gasteiger partial charge in [-0.2, -0.15) is 4.98 Å². The van der Waals surface area contributed by atoms with Gasteiger partial charge in [0.25, 0.3) is 0 Å². The molecule has 1 fully saturated rings. The van der Waals surface area contributed by atoms with Crippen molar-refractivity contribution in [1.29, 1.82) is 0 Å². The summed E-state index contributed by atoms with van der Waals surface area (Å²) in [6, 6.07) is 8.33. The smallest absolute Gasteiger partial charge is 0.226 e. The molecule has 0 saturated carbocycles. The Kier molecular flexibility index (Phi) is 3.64. The molecule has 1 saturated heterocycles. The Morgan fingerprint density at radius 1 is 1.23 bits per heavy atom. The predicted molar refractivity (Wildman–Crippen MR) is 82.7 cm³/mol. The van der Waals surface area contributed by atoms with Crippen LogP contribution < -0.4 is 0 Å². The Morgan fingerprint density at radius 2 is 2.18 bits per heavy atom. The van der Waals surface area contributed by atoms with Gasteiger partial charge in [0.2, 0.25) is 5.89 Å². The van der Waals surface area contributed by atoms with Gasteiger partial charge in [-0.05, 0) is 30.9 Å². The minimum absolute atomic E-state index is 0.263. The van der Waals surface area contributed by atoms with E-state index in [1.807, 2.05) is 6.07 Å². The summed E-state index contributed by atoms with van der Waals surface area (Å²) in [6.07, 6.45) is 6.98. The first-order valence-corrected chi connectivity index (χ1v) is 7.86. The Bertz CT molecular complexity index is 756. The second-order valence-electron chi connectivity index (χ2n) is 5.80. The third-order valence-electron chi connectivity index (χ3n) is 4.23. The quantitative estimate of drug-likeness (QED) is 0.786. The molecular formula is C17H19N3O2. The number of aromatic amines is 1. The zero-order chi connectivity index (χ0) is 14.8. The molecule has 1 aromatic carbocycles. The standard InChI is InChI=1S/C17H19N3O2/c1-2-6-15-14(5-1)12(11-18-15)7-8-17-19-16(20-22-17)10-13-4-3-9-21-13/h1-2,5-6,11,13,18H,3-4,7-10H2. The first-order chi connectivity index (χ1) is 10.9. The molecule has 114 valence electrons. The SMILES string of the molecule is c1ccc2c(CCc3nc(CC4CCCO4)no3)c[nH]c2c1. The molecule has 2 aromatic heterocycles. The second-order valence-corrected chi connectivity index (χ2v) is 5.80. The van der Waals surface area contributed by atoms with Crippen LogP contribution in [-0.2, 0) is 24.0 Å². The highest BCUT2D eigenvalue weighted by Crippen LogP contribution is 2.20. The van der Waals surface area contributed by atoms with Gasteiger partial charge < -0.3 is 14.2 Å². The molecule has 0 spiro atoms. The van der Waals surface area contributed by atoms with Crippen LogP contribution in [0.3, 0.4) is 0 Å². The Hall–Kier alpha value is -2.14. The van der Waals surface area contributed by atoms with Crippen molar-refractivity contribution in [2.24, 2.45) is 0 Å². The lowest BCUT2D eigenvalue weighted by molar-refractivity contribution is 0.109. The number of fused-ring (bicyclic) bond motifs is 1. The molecule has 3 heterocycles. The summed E-state index contributed by atoms with van der Waals surface area (Å²) in [5.74, 6) is 1.47. The van der Waals surface area contributed by atoms with Crippen LogP contribution in [0.4, 0.5) is 0 Å². The number of hydrogen-bond donors (Lipinski definition) is 1. The van der Waals surface area contributed by atoms with Crippen molar-refractivity contribution in [3.05, 3.63) is 47.7 Å². The van der Waals surface area contributed by atoms with E-state index in [-0.39, 0.29) is 6.10 Å². The molecule has 0 bridgehead atoms. The molecule has 1 aliphatic rings. The topological polar surface area (TPSA) is 63.9 Å². The maximum absolute atomic E-state index is 5.61. The second kappa shape index (κ2) is 5.93. The van der Waals surface area contributed by atoms with E-state index < -0.39 is 0 Å². The van der Waals surface area contributed by atoms with Crippen LogP contribution in [-0.4, -0.2) is 27.8 Å². The zero-order valence-corrected chi connectivity index (χ0v) is 12.4. The highest BCUT2D eigenvalue weighted by molar-refractivity contribution is 5.83. The number of nitrogens with one attached hydrogen (secondary N) is 1. The summed E-state index contributed by atoms with van der Waals surface area (Å²) >= 11 is 0. The van der Waals surface area contributed by atoms with Crippen LogP contribution in [0.15, 0.2) is 35.0 Å². The summed E-state index contributed by atoms with van der Waals surface area (Å²) in [5.41, 5.74) is 2.46. The average molecular weight is 297 g/mol. The number of hydrogen-bond acceptors (Lipinski definition) is 4. The molecule has 1 aliphatic heterocycles. The lowest BCUT2D eigenvalue weighted by Crippen LogP contribution is -2.09. The number of H-pyrrole nitrogens is 1. The summed E-state index contributed by atoms with van der Waals surface area (Å²) in [5, 5.41) is 5.33. The van der Waals surface area contributed by atoms with E-state index >= 15 is 0 Å². The fourth-order valence-electron chi connectivity index (χ4n) is 3.06. The van der Waals surface area contributed by atoms with Crippen molar-refractivity contribution in [3.63, 3.8) is 0 Å². The van der Waals surface area contributed by atoms with E-state index in [4.69, 9.17) is 9.26 Å². The zero-order valence-electron chi connectivity index (χ0n) is 12.4. The summed E-state index contributed by atoms with van der Waals surface area (Å²) in [7, 11) is 0. The van der Waals surface area contributed by atoms with E-state index in [0.717, 1.165) is 44.5 Å². The molecule has 22 heavy (non-hydrogen) atoms. The number of ether oxygens (including phenoxy) is 1. The predicted octanol–water partition coefficient (Wildman–Crippen LogP) is 3.06. The highest BCUT2D eigenvalue weighted by Gasteiger charge is 2.19. The molecule has 0 amide bonds. The number of nitrogens with zero attached hydrogens (tertiary/aromatic N) is 2. The van der Waals surface area contributed by atoms with Crippen molar-refractivity contribution in [3.8, 4) is 0 Å². The van der Waals surface area contributed by atoms with Gasteiger partial charge in [0.1, 0.15) is 0 Å². The van der Waals surface area contributed by atoms with Gasteiger partial charge in [-0.15, -0.1) is 0 Å². The largest absolute Gasteiger partial charge is 0.378 e. The van der Waals surface area contributed by atoms with E-state index in [2.05, 4.69) is 39.5 Å². The van der Waals surface area contributed by atoms with Gasteiger partial charge in [0.05, 0.1) is 6.10 Å². The molecule has 1 N–H and O–H groups in total. The van der Waals surface area contributed by atoms with Gasteiger partial charge in [-0.25, -0.2) is 0 Å². The van der Waals surface area contributed by atoms with Crippen LogP contribution in [0.2, 0.25) is 0 Å². The summed E-state index contributed by atoms with van der Waals surface area (Å²) in [4.78, 5) is 7.78. The van der Waals surface area contributed by atoms with Crippen LogP contribution in [0.5, 0.6) is 0 Å². The minimum Gasteiger partial charge on any atom is -0.378 e. The molecule has 1 unspecified atom stereocenters. The van der Waals surface area contributed by atoms with Crippen LogP contribution in [0, 0.1) is 0 Å². The molecule has 1 atom stereocenters. The molecule has 5 heteroatoms. The maximum Gasteiger partial charge on any atom is 0.226 e. The van der Waals surface area contributed by atoms with Gasteiger partial charge in [0, 0.05) is 36.5 Å². The Balaban J connectivity index is 1.40. The molecule has 0 aliphatic carbocycles. The monoisotopic (exact) mass is 297 g/mol. The molecule has 0 radical (unpaired) electrons. The van der Waals surface area contributed by atoms with E-state index in [1.165, 1.54) is 16.5 Å². The Morgan fingerprint density at radius 3 is 3.09 bits per heavy atom. The van der Waals surface area contributed by atoms with Crippen LogP contribution >= 0.6 is 0 Å². The maximum atomic E-state index is 5.61. The lowest BCUT2D eigenvalue weighted by Gasteiger charge is -2.03. The van der Waals surface area contributed by atoms with Crippen molar-refractivity contribution >= 4 is 10.9 Å². The van der Waals surface area contributed by atoms with Crippen molar-refractivity contribution in [1.82, 2.24) is 15.1 Å². The summed E-state index contributed by atoms with van der Waals surface area (Å²) < 4.78 is 11.0. The molecule has 3 aromatic rings. The van der Waals surface area contributed by atoms with Crippen molar-refractivity contribution in [2.45, 2.75) is 38.2 Å².